The summed E-state index contributed by atoms with van der Waals surface area (Å²) in [6.07, 6.45) is 5.62. The molecule has 1 aromatic carbocycles. The average molecular weight is 449 g/mol. The van der Waals surface area contributed by atoms with Crippen molar-refractivity contribution >= 4 is 17.2 Å². The van der Waals surface area contributed by atoms with Crippen molar-refractivity contribution in [3.63, 3.8) is 0 Å². The summed E-state index contributed by atoms with van der Waals surface area (Å²) in [6, 6.07) is 11.8. The lowest BCUT2D eigenvalue weighted by Crippen LogP contribution is -2.30. The van der Waals surface area contributed by atoms with Gasteiger partial charge >= 0.3 is 0 Å². The van der Waals surface area contributed by atoms with Gasteiger partial charge in [-0.1, -0.05) is 18.2 Å². The van der Waals surface area contributed by atoms with Gasteiger partial charge < -0.3 is 9.32 Å². The van der Waals surface area contributed by atoms with Crippen LogP contribution in [0.25, 0.3) is 10.7 Å². The Labute approximate surface area is 188 Å². The van der Waals surface area contributed by atoms with E-state index in [1.807, 2.05) is 30.0 Å². The van der Waals surface area contributed by atoms with Gasteiger partial charge in [0.2, 0.25) is 5.89 Å². The van der Waals surface area contributed by atoms with E-state index in [0.29, 0.717) is 35.2 Å². The SMILES string of the molecule is Cc1nc(-c2ccccn2)sc1C(=O)N1CCCC1c1ncc(Cc2ccc(F)cc2)o1. The maximum absolute atomic E-state index is 13.4. The molecule has 0 N–H and O–H groups in total. The highest BCUT2D eigenvalue weighted by Gasteiger charge is 2.35. The van der Waals surface area contributed by atoms with Gasteiger partial charge in [-0.2, -0.15) is 0 Å². The minimum Gasteiger partial charge on any atom is -0.443 e. The number of likely N-dealkylation sites (tertiary alicyclic amines) is 1. The van der Waals surface area contributed by atoms with E-state index in [2.05, 4.69) is 15.0 Å². The Morgan fingerprint density at radius 3 is 2.84 bits per heavy atom. The molecule has 1 saturated heterocycles. The fourth-order valence-electron chi connectivity index (χ4n) is 3.95. The molecule has 3 aromatic heterocycles. The summed E-state index contributed by atoms with van der Waals surface area (Å²) in [5, 5.41) is 0.736. The number of aromatic nitrogens is 3. The smallest absolute Gasteiger partial charge is 0.266 e. The van der Waals surface area contributed by atoms with Crippen molar-refractivity contribution in [3.05, 3.63) is 88.5 Å². The lowest BCUT2D eigenvalue weighted by Gasteiger charge is -2.21. The summed E-state index contributed by atoms with van der Waals surface area (Å²) in [5.41, 5.74) is 2.40. The number of amides is 1. The van der Waals surface area contributed by atoms with Crippen molar-refractivity contribution < 1.29 is 13.6 Å². The first-order valence-corrected chi connectivity index (χ1v) is 11.3. The minimum absolute atomic E-state index is 0.0528. The van der Waals surface area contributed by atoms with Gasteiger partial charge in [-0.3, -0.25) is 9.78 Å². The van der Waals surface area contributed by atoms with Crippen molar-refractivity contribution in [2.75, 3.05) is 6.54 Å². The maximum atomic E-state index is 13.4. The molecule has 1 amide bonds. The van der Waals surface area contributed by atoms with Crippen LogP contribution in [0.4, 0.5) is 4.39 Å². The highest BCUT2D eigenvalue weighted by Crippen LogP contribution is 2.35. The first-order valence-electron chi connectivity index (χ1n) is 10.5. The van der Waals surface area contributed by atoms with Gasteiger partial charge in [0.25, 0.3) is 5.91 Å². The van der Waals surface area contributed by atoms with E-state index in [-0.39, 0.29) is 17.8 Å². The standard InChI is InChI=1S/C24H21FN4O2S/c1-15-21(32-23(28-15)19-5-2-3-11-26-19)24(30)29-12-4-6-20(29)22-27-14-18(31-22)13-16-7-9-17(25)10-8-16/h2-3,5,7-11,14,20H,4,6,12-13H2,1H3. The van der Waals surface area contributed by atoms with E-state index in [9.17, 15) is 9.18 Å². The molecule has 1 fully saturated rings. The fourth-order valence-corrected chi connectivity index (χ4v) is 4.95. The number of thiazole rings is 1. The molecule has 1 aliphatic heterocycles. The third-order valence-corrected chi connectivity index (χ3v) is 6.70. The summed E-state index contributed by atoms with van der Waals surface area (Å²) in [5.74, 6) is 0.914. The Balaban J connectivity index is 1.35. The van der Waals surface area contributed by atoms with Crippen LogP contribution in [0, 0.1) is 12.7 Å². The molecule has 4 aromatic rings. The van der Waals surface area contributed by atoms with Crippen LogP contribution < -0.4 is 0 Å². The van der Waals surface area contributed by atoms with Crippen LogP contribution in [0.3, 0.4) is 0 Å². The number of hydrogen-bond acceptors (Lipinski definition) is 6. The van der Waals surface area contributed by atoms with Gasteiger partial charge in [0.05, 0.1) is 17.6 Å². The summed E-state index contributed by atoms with van der Waals surface area (Å²) in [4.78, 5) is 29.2. The largest absolute Gasteiger partial charge is 0.443 e. The number of oxazole rings is 1. The van der Waals surface area contributed by atoms with Gasteiger partial charge in [0, 0.05) is 19.2 Å². The Bertz CT molecular complexity index is 1240. The van der Waals surface area contributed by atoms with Crippen LogP contribution in [0.5, 0.6) is 0 Å². The monoisotopic (exact) mass is 448 g/mol. The summed E-state index contributed by atoms with van der Waals surface area (Å²) >= 11 is 1.37. The third-order valence-electron chi connectivity index (χ3n) is 5.54. The number of benzene rings is 1. The minimum atomic E-state index is -0.267. The second-order valence-corrected chi connectivity index (χ2v) is 8.77. The number of carbonyl (C=O) groups is 1. The Hall–Kier alpha value is -3.39. The zero-order chi connectivity index (χ0) is 22.1. The van der Waals surface area contributed by atoms with Crippen molar-refractivity contribution in [2.45, 2.75) is 32.2 Å². The number of hydrogen-bond donors (Lipinski definition) is 0. The molecule has 0 saturated carbocycles. The van der Waals surface area contributed by atoms with E-state index >= 15 is 0 Å². The molecule has 6 nitrogen and oxygen atoms in total. The number of pyridine rings is 1. The highest BCUT2D eigenvalue weighted by atomic mass is 32.1. The van der Waals surface area contributed by atoms with Gasteiger partial charge in [0.1, 0.15) is 27.5 Å². The highest BCUT2D eigenvalue weighted by molar-refractivity contribution is 7.17. The van der Waals surface area contributed by atoms with Gasteiger partial charge in [-0.05, 0) is 49.6 Å². The Morgan fingerprint density at radius 2 is 2.06 bits per heavy atom. The van der Waals surface area contributed by atoms with Crippen LogP contribution in [0.1, 0.15) is 51.5 Å². The van der Waals surface area contributed by atoms with Crippen molar-refractivity contribution in [3.8, 4) is 10.7 Å². The first kappa shape index (κ1) is 20.5. The lowest BCUT2D eigenvalue weighted by molar-refractivity contribution is 0.0718. The van der Waals surface area contributed by atoms with Crippen LogP contribution in [-0.2, 0) is 6.42 Å². The van der Waals surface area contributed by atoms with Crippen molar-refractivity contribution in [1.82, 2.24) is 19.9 Å². The van der Waals surface area contributed by atoms with E-state index in [1.165, 1.54) is 23.5 Å². The molecule has 1 aliphatic rings. The quantitative estimate of drug-likeness (QED) is 0.419. The molecule has 1 unspecified atom stereocenters. The maximum Gasteiger partial charge on any atom is 0.266 e. The number of aryl methyl sites for hydroxylation is 1. The molecule has 4 heterocycles. The van der Waals surface area contributed by atoms with Crippen molar-refractivity contribution in [2.24, 2.45) is 0 Å². The van der Waals surface area contributed by atoms with E-state index in [0.717, 1.165) is 29.1 Å². The molecule has 0 bridgehead atoms. The predicted molar refractivity (Wildman–Crippen MR) is 119 cm³/mol. The third kappa shape index (κ3) is 4.05. The topological polar surface area (TPSA) is 72.1 Å². The molecule has 32 heavy (non-hydrogen) atoms. The molecular formula is C24H21FN4O2S. The molecule has 1 atom stereocenters. The van der Waals surface area contributed by atoms with Crippen LogP contribution >= 0.6 is 11.3 Å². The molecule has 5 rings (SSSR count). The van der Waals surface area contributed by atoms with Crippen molar-refractivity contribution in [1.29, 1.82) is 0 Å². The molecule has 162 valence electrons. The summed E-state index contributed by atoms with van der Waals surface area (Å²) < 4.78 is 19.1. The van der Waals surface area contributed by atoms with Crippen LogP contribution in [-0.4, -0.2) is 32.3 Å². The van der Waals surface area contributed by atoms with E-state index in [1.54, 1.807) is 24.5 Å². The van der Waals surface area contributed by atoms with Gasteiger partial charge in [0.15, 0.2) is 0 Å². The summed E-state index contributed by atoms with van der Waals surface area (Å²) in [6.45, 7) is 2.50. The lowest BCUT2D eigenvalue weighted by atomic mass is 10.1. The summed E-state index contributed by atoms with van der Waals surface area (Å²) in [7, 11) is 0. The van der Waals surface area contributed by atoms with Crippen LogP contribution in [0.2, 0.25) is 0 Å². The normalized spacial score (nSPS) is 15.9. The zero-order valence-electron chi connectivity index (χ0n) is 17.5. The fraction of sp³-hybridized carbons (Fsp3) is 0.250. The van der Waals surface area contributed by atoms with Gasteiger partial charge in [-0.15, -0.1) is 11.3 Å². The number of halogens is 1. The molecule has 0 spiro atoms. The van der Waals surface area contributed by atoms with Gasteiger partial charge in [-0.25, -0.2) is 14.4 Å². The molecule has 0 aliphatic carbocycles. The number of nitrogens with zero attached hydrogens (tertiary/aromatic N) is 4. The molecule has 8 heteroatoms. The predicted octanol–water partition coefficient (Wildman–Crippen LogP) is 5.21. The second kappa shape index (κ2) is 8.63. The molecule has 0 radical (unpaired) electrons. The first-order chi connectivity index (χ1) is 15.6. The van der Waals surface area contributed by atoms with Crippen LogP contribution in [0.15, 0.2) is 59.3 Å². The number of carbonyl (C=O) groups excluding carboxylic acids is 1. The van der Waals surface area contributed by atoms with E-state index < -0.39 is 0 Å². The average Bonchev–Trinajstić information content (AvgIpc) is 3.55. The zero-order valence-corrected chi connectivity index (χ0v) is 18.3. The second-order valence-electron chi connectivity index (χ2n) is 7.77. The Kier molecular flexibility index (Phi) is 5.53. The number of rotatable bonds is 5. The van der Waals surface area contributed by atoms with E-state index in [4.69, 9.17) is 4.42 Å². The Morgan fingerprint density at radius 1 is 1.22 bits per heavy atom. The molecular weight excluding hydrogens is 427 g/mol.